The van der Waals surface area contributed by atoms with Crippen LogP contribution in [-0.4, -0.2) is 22.2 Å². The van der Waals surface area contributed by atoms with Gasteiger partial charge in [-0.05, 0) is 40.8 Å². The van der Waals surface area contributed by atoms with Crippen molar-refractivity contribution in [2.45, 2.75) is 6.54 Å². The molecule has 5 heteroatoms. The SMILES string of the molecule is O=C(O)c1cc(I)cn1CCOc1ccccc1. The summed E-state index contributed by atoms with van der Waals surface area (Å²) < 4.78 is 8.13. The van der Waals surface area contributed by atoms with E-state index in [4.69, 9.17) is 9.84 Å². The van der Waals surface area contributed by atoms with Crippen LogP contribution in [0.1, 0.15) is 10.5 Å². The summed E-state index contributed by atoms with van der Waals surface area (Å²) >= 11 is 2.10. The number of carbonyl (C=O) groups is 1. The fourth-order valence-electron chi connectivity index (χ4n) is 1.62. The molecule has 94 valence electrons. The number of aromatic carboxylic acids is 1. The summed E-state index contributed by atoms with van der Waals surface area (Å²) in [5, 5.41) is 9.03. The molecular weight excluding hydrogens is 345 g/mol. The first-order valence-electron chi connectivity index (χ1n) is 5.43. The van der Waals surface area contributed by atoms with Gasteiger partial charge in [0.15, 0.2) is 0 Å². The first kappa shape index (κ1) is 12.9. The van der Waals surface area contributed by atoms with E-state index in [9.17, 15) is 4.79 Å². The number of nitrogens with zero attached hydrogens (tertiary/aromatic N) is 1. The highest BCUT2D eigenvalue weighted by Gasteiger charge is 2.11. The topological polar surface area (TPSA) is 51.5 Å². The Balaban J connectivity index is 1.96. The van der Waals surface area contributed by atoms with Crippen LogP contribution in [0.2, 0.25) is 0 Å². The van der Waals surface area contributed by atoms with Crippen LogP contribution in [0.15, 0.2) is 42.6 Å². The van der Waals surface area contributed by atoms with Gasteiger partial charge < -0.3 is 14.4 Å². The van der Waals surface area contributed by atoms with E-state index in [1.54, 1.807) is 16.8 Å². The molecule has 1 aromatic heterocycles. The zero-order valence-corrected chi connectivity index (χ0v) is 11.7. The number of para-hydroxylation sites is 1. The number of halogens is 1. The number of hydrogen-bond acceptors (Lipinski definition) is 2. The number of carboxylic acid groups (broad SMARTS) is 1. The molecule has 1 aromatic carbocycles. The largest absolute Gasteiger partial charge is 0.492 e. The van der Waals surface area contributed by atoms with Gasteiger partial charge in [0.1, 0.15) is 18.1 Å². The van der Waals surface area contributed by atoms with Crippen molar-refractivity contribution in [3.63, 3.8) is 0 Å². The lowest BCUT2D eigenvalue weighted by molar-refractivity contribution is 0.0684. The molecule has 0 saturated carbocycles. The van der Waals surface area contributed by atoms with Crippen molar-refractivity contribution in [1.29, 1.82) is 0 Å². The molecule has 4 nitrogen and oxygen atoms in total. The van der Waals surface area contributed by atoms with E-state index in [2.05, 4.69) is 22.6 Å². The number of hydrogen-bond donors (Lipinski definition) is 1. The molecule has 0 radical (unpaired) electrons. The molecule has 0 aliphatic carbocycles. The minimum absolute atomic E-state index is 0.288. The van der Waals surface area contributed by atoms with E-state index in [0.29, 0.717) is 13.2 Å². The first-order valence-corrected chi connectivity index (χ1v) is 6.51. The fourth-order valence-corrected chi connectivity index (χ4v) is 2.25. The molecule has 2 aromatic rings. The minimum atomic E-state index is -0.919. The zero-order chi connectivity index (χ0) is 13.0. The minimum Gasteiger partial charge on any atom is -0.492 e. The molecule has 2 rings (SSSR count). The molecule has 1 heterocycles. The highest BCUT2D eigenvalue weighted by molar-refractivity contribution is 14.1. The van der Waals surface area contributed by atoms with Gasteiger partial charge in [-0.25, -0.2) is 4.79 Å². The molecule has 0 bridgehead atoms. The molecular formula is C13H12INO3. The Labute approximate surface area is 118 Å². The van der Waals surface area contributed by atoms with Crippen LogP contribution in [0.5, 0.6) is 5.75 Å². The van der Waals surface area contributed by atoms with E-state index >= 15 is 0 Å². The van der Waals surface area contributed by atoms with E-state index in [1.807, 2.05) is 30.3 Å². The van der Waals surface area contributed by atoms with E-state index < -0.39 is 5.97 Å². The van der Waals surface area contributed by atoms with Crippen LogP contribution in [0.4, 0.5) is 0 Å². The quantitative estimate of drug-likeness (QED) is 0.838. The molecule has 0 atom stereocenters. The van der Waals surface area contributed by atoms with Gasteiger partial charge in [0, 0.05) is 9.77 Å². The number of rotatable bonds is 5. The maximum absolute atomic E-state index is 11.0. The molecule has 0 aliphatic heterocycles. The second-order valence-electron chi connectivity index (χ2n) is 3.70. The molecule has 0 spiro atoms. The van der Waals surface area contributed by atoms with E-state index in [0.717, 1.165) is 9.32 Å². The Bertz CT molecular complexity index is 536. The van der Waals surface area contributed by atoms with Gasteiger partial charge in [0.25, 0.3) is 0 Å². The van der Waals surface area contributed by atoms with Gasteiger partial charge in [0.05, 0.1) is 6.54 Å². The Morgan fingerprint density at radius 2 is 2.06 bits per heavy atom. The highest BCUT2D eigenvalue weighted by atomic mass is 127. The van der Waals surface area contributed by atoms with Gasteiger partial charge in [-0.2, -0.15) is 0 Å². The van der Waals surface area contributed by atoms with Crippen LogP contribution in [0.25, 0.3) is 0 Å². The number of carboxylic acids is 1. The Morgan fingerprint density at radius 3 is 2.72 bits per heavy atom. The smallest absolute Gasteiger partial charge is 0.352 e. The van der Waals surface area contributed by atoms with Crippen molar-refractivity contribution in [3.05, 3.63) is 51.9 Å². The summed E-state index contributed by atoms with van der Waals surface area (Å²) in [5.74, 6) is -0.131. The molecule has 0 fully saturated rings. The van der Waals surface area contributed by atoms with E-state index in [-0.39, 0.29) is 5.69 Å². The van der Waals surface area contributed by atoms with Gasteiger partial charge in [-0.1, -0.05) is 18.2 Å². The van der Waals surface area contributed by atoms with Crippen LogP contribution < -0.4 is 4.74 Å². The maximum atomic E-state index is 11.0. The van der Waals surface area contributed by atoms with Gasteiger partial charge in [0.2, 0.25) is 0 Å². The van der Waals surface area contributed by atoms with E-state index in [1.165, 1.54) is 0 Å². The maximum Gasteiger partial charge on any atom is 0.352 e. The summed E-state index contributed by atoms with van der Waals surface area (Å²) in [7, 11) is 0. The predicted octanol–water partition coefficient (Wildman–Crippen LogP) is 2.87. The third-order valence-electron chi connectivity index (χ3n) is 2.43. The summed E-state index contributed by atoms with van der Waals surface area (Å²) in [6, 6.07) is 11.1. The molecule has 18 heavy (non-hydrogen) atoms. The van der Waals surface area contributed by atoms with Crippen LogP contribution in [0.3, 0.4) is 0 Å². The van der Waals surface area contributed by atoms with Gasteiger partial charge in [-0.3, -0.25) is 0 Å². The standard InChI is InChI=1S/C13H12INO3/c14-10-8-12(13(16)17)15(9-10)6-7-18-11-4-2-1-3-5-11/h1-5,8-9H,6-7H2,(H,16,17). The molecule has 0 unspecified atom stereocenters. The summed E-state index contributed by atoms with van der Waals surface area (Å²) in [6.45, 7) is 0.953. The van der Waals surface area contributed by atoms with Crippen molar-refractivity contribution in [1.82, 2.24) is 4.57 Å². The van der Waals surface area contributed by atoms with Gasteiger partial charge in [-0.15, -0.1) is 0 Å². The number of aromatic nitrogens is 1. The molecule has 1 N–H and O–H groups in total. The van der Waals surface area contributed by atoms with Crippen molar-refractivity contribution in [2.24, 2.45) is 0 Å². The second kappa shape index (κ2) is 5.90. The van der Waals surface area contributed by atoms with Crippen molar-refractivity contribution >= 4 is 28.6 Å². The average Bonchev–Trinajstić information content (AvgIpc) is 2.72. The van der Waals surface area contributed by atoms with Crippen LogP contribution in [0, 0.1) is 3.57 Å². The predicted molar refractivity (Wildman–Crippen MR) is 76.0 cm³/mol. The third kappa shape index (κ3) is 3.25. The Hall–Kier alpha value is -1.50. The fraction of sp³-hybridized carbons (Fsp3) is 0.154. The first-order chi connectivity index (χ1) is 8.66. The van der Waals surface area contributed by atoms with Crippen LogP contribution >= 0.6 is 22.6 Å². The summed E-state index contributed by atoms with van der Waals surface area (Å²) in [4.78, 5) is 11.0. The monoisotopic (exact) mass is 357 g/mol. The molecule has 0 amide bonds. The lowest BCUT2D eigenvalue weighted by atomic mass is 10.3. The van der Waals surface area contributed by atoms with Gasteiger partial charge >= 0.3 is 5.97 Å². The Kier molecular flexibility index (Phi) is 4.24. The second-order valence-corrected chi connectivity index (χ2v) is 4.95. The Morgan fingerprint density at radius 1 is 1.33 bits per heavy atom. The zero-order valence-electron chi connectivity index (χ0n) is 9.54. The number of ether oxygens (including phenoxy) is 1. The average molecular weight is 357 g/mol. The van der Waals surface area contributed by atoms with Crippen molar-refractivity contribution < 1.29 is 14.6 Å². The number of benzene rings is 1. The molecule has 0 aliphatic rings. The lowest BCUT2D eigenvalue weighted by Gasteiger charge is -2.08. The molecule has 0 saturated heterocycles. The van der Waals surface area contributed by atoms with Crippen molar-refractivity contribution in [3.8, 4) is 5.75 Å². The summed E-state index contributed by atoms with van der Waals surface area (Å²) in [5.41, 5.74) is 0.288. The third-order valence-corrected chi connectivity index (χ3v) is 3.02. The van der Waals surface area contributed by atoms with Crippen LogP contribution in [-0.2, 0) is 6.54 Å². The highest BCUT2D eigenvalue weighted by Crippen LogP contribution is 2.12. The van der Waals surface area contributed by atoms with Crippen molar-refractivity contribution in [2.75, 3.05) is 6.61 Å². The normalized spacial score (nSPS) is 10.3. The lowest BCUT2D eigenvalue weighted by Crippen LogP contribution is -2.12. The summed E-state index contributed by atoms with van der Waals surface area (Å²) in [6.07, 6.45) is 1.80.